The van der Waals surface area contributed by atoms with Crippen molar-refractivity contribution in [3.05, 3.63) is 39.9 Å². The number of hydrogen-bond donors (Lipinski definition) is 2. The number of para-hydroxylation sites is 1. The van der Waals surface area contributed by atoms with Crippen molar-refractivity contribution in [3.63, 3.8) is 0 Å². The third kappa shape index (κ3) is 3.98. The third-order valence-electron chi connectivity index (χ3n) is 3.04. The summed E-state index contributed by atoms with van der Waals surface area (Å²) < 4.78 is 61.5. The molecule has 0 saturated carbocycles. The van der Waals surface area contributed by atoms with Crippen LogP contribution in [0, 0.1) is 10.1 Å². The van der Waals surface area contributed by atoms with Crippen LogP contribution in [0.3, 0.4) is 0 Å². The van der Waals surface area contributed by atoms with E-state index in [1.165, 1.54) is 12.1 Å². The number of nitrogens with one attached hydrogen (secondary N) is 1. The molecule has 0 radical (unpaired) electrons. The van der Waals surface area contributed by atoms with Gasteiger partial charge in [-0.05, 0) is 6.92 Å². The molecule has 134 valence electrons. The van der Waals surface area contributed by atoms with Crippen molar-refractivity contribution >= 4 is 21.6 Å². The number of rotatable bonds is 6. The highest BCUT2D eigenvalue weighted by molar-refractivity contribution is 7.90. The lowest BCUT2D eigenvalue weighted by Gasteiger charge is -2.27. The van der Waals surface area contributed by atoms with Gasteiger partial charge in [0, 0.05) is 18.2 Å². The van der Waals surface area contributed by atoms with Gasteiger partial charge in [-0.25, -0.2) is 13.9 Å². The van der Waals surface area contributed by atoms with Crippen LogP contribution in [0.1, 0.15) is 12.5 Å². The number of sulfonamides is 1. The number of nitro benzene ring substituents is 1. The fourth-order valence-electron chi connectivity index (χ4n) is 1.78. The molecule has 0 aliphatic rings. The Kier molecular flexibility index (Phi) is 5.86. The van der Waals surface area contributed by atoms with E-state index in [2.05, 4.69) is 0 Å². The second-order valence-electron chi connectivity index (χ2n) is 4.53. The van der Waals surface area contributed by atoms with Crippen LogP contribution in [-0.2, 0) is 21.4 Å². The number of nitro groups is 1. The van der Waals surface area contributed by atoms with Crippen molar-refractivity contribution in [1.29, 1.82) is 0 Å². The fourth-order valence-corrected chi connectivity index (χ4v) is 2.86. The Morgan fingerprint density at radius 3 is 2.42 bits per heavy atom. The first-order valence-corrected chi connectivity index (χ1v) is 7.61. The maximum atomic E-state index is 12.8. The predicted molar refractivity (Wildman–Crippen MR) is 73.0 cm³/mol. The minimum atomic E-state index is -5.99. The van der Waals surface area contributed by atoms with Gasteiger partial charge in [0.05, 0.1) is 4.92 Å². The van der Waals surface area contributed by atoms with Gasteiger partial charge in [-0.15, -0.1) is 0 Å². The first-order chi connectivity index (χ1) is 10.9. The Morgan fingerprint density at radius 1 is 1.42 bits per heavy atom. The zero-order valence-electron chi connectivity index (χ0n) is 12.0. The molecule has 1 aromatic rings. The lowest BCUT2D eigenvalue weighted by atomic mass is 10.1. The number of hydrogen-bond acceptors (Lipinski definition) is 6. The van der Waals surface area contributed by atoms with E-state index in [0.717, 1.165) is 24.5 Å². The molecule has 0 fully saturated rings. The fraction of sp³-hybridized carbons (Fsp3) is 0.364. The molecule has 0 aliphatic carbocycles. The number of nitrogens with zero attached hydrogens (tertiary/aromatic N) is 2. The molecule has 0 aliphatic heterocycles. The molecule has 0 spiro atoms. The molecule has 0 heterocycles. The maximum absolute atomic E-state index is 12.8. The second-order valence-corrected chi connectivity index (χ2v) is 6.42. The van der Waals surface area contributed by atoms with E-state index in [1.807, 2.05) is 0 Å². The highest BCUT2D eigenvalue weighted by atomic mass is 32.2. The van der Waals surface area contributed by atoms with Crippen LogP contribution in [0.4, 0.5) is 18.9 Å². The Bertz CT molecular complexity index is 737. The van der Waals surface area contributed by atoms with Gasteiger partial charge < -0.3 is 0 Å². The summed E-state index contributed by atoms with van der Waals surface area (Å²) in [5.74, 6) is -1.43. The molecule has 0 bridgehead atoms. The predicted octanol–water partition coefficient (Wildman–Crippen LogP) is 1.14. The molecule has 0 aromatic heterocycles. The van der Waals surface area contributed by atoms with Crippen LogP contribution in [0.15, 0.2) is 24.3 Å². The van der Waals surface area contributed by atoms with Gasteiger partial charge >= 0.3 is 15.5 Å². The standard InChI is InChI=1S/C11H12F3N3O6S/c1-7(10(18)15-19)16(24(22,23)11(12,13)14)6-8-4-2-3-5-9(8)17(20)21/h2-5,7,19H,6H2,1H3,(H,15,18)/t7-/m0/s1. The largest absolute Gasteiger partial charge is 0.511 e. The Labute approximate surface area is 133 Å². The van der Waals surface area contributed by atoms with Crippen molar-refractivity contribution in [1.82, 2.24) is 9.79 Å². The average Bonchev–Trinajstić information content (AvgIpc) is 2.50. The van der Waals surface area contributed by atoms with Crippen molar-refractivity contribution in [3.8, 4) is 0 Å². The van der Waals surface area contributed by atoms with E-state index >= 15 is 0 Å². The molecule has 9 nitrogen and oxygen atoms in total. The van der Waals surface area contributed by atoms with Crippen LogP contribution in [0.5, 0.6) is 0 Å². The molecule has 1 atom stereocenters. The Morgan fingerprint density at radius 2 is 1.96 bits per heavy atom. The van der Waals surface area contributed by atoms with Gasteiger partial charge in [-0.1, -0.05) is 18.2 Å². The average molecular weight is 371 g/mol. The number of benzene rings is 1. The van der Waals surface area contributed by atoms with E-state index < -0.39 is 44.6 Å². The molecular weight excluding hydrogens is 359 g/mol. The van der Waals surface area contributed by atoms with Crippen LogP contribution >= 0.6 is 0 Å². The minimum absolute atomic E-state index is 0.277. The molecule has 2 N–H and O–H groups in total. The summed E-state index contributed by atoms with van der Waals surface area (Å²) in [6.45, 7) is -0.294. The van der Waals surface area contributed by atoms with Gasteiger partial charge in [0.1, 0.15) is 6.04 Å². The lowest BCUT2D eigenvalue weighted by molar-refractivity contribution is -0.385. The molecule has 1 amide bonds. The van der Waals surface area contributed by atoms with Crippen LogP contribution in [-0.4, -0.2) is 40.3 Å². The summed E-state index contributed by atoms with van der Waals surface area (Å²) in [6.07, 6.45) is 0. The highest BCUT2D eigenvalue weighted by Gasteiger charge is 2.52. The second kappa shape index (κ2) is 7.11. The number of halogens is 3. The molecule has 24 heavy (non-hydrogen) atoms. The molecule has 0 unspecified atom stereocenters. The van der Waals surface area contributed by atoms with E-state index in [-0.39, 0.29) is 9.87 Å². The van der Waals surface area contributed by atoms with Crippen LogP contribution < -0.4 is 5.48 Å². The number of carbonyl (C=O) groups is 1. The first kappa shape index (κ1) is 19.8. The third-order valence-corrected chi connectivity index (χ3v) is 4.69. The molecule has 1 aromatic carbocycles. The lowest BCUT2D eigenvalue weighted by Crippen LogP contribution is -2.50. The summed E-state index contributed by atoms with van der Waals surface area (Å²) >= 11 is 0. The summed E-state index contributed by atoms with van der Waals surface area (Å²) in [4.78, 5) is 21.4. The monoisotopic (exact) mass is 371 g/mol. The van der Waals surface area contributed by atoms with Gasteiger partial charge in [0.2, 0.25) is 0 Å². The summed E-state index contributed by atoms with van der Waals surface area (Å²) in [6, 6.07) is 2.57. The number of alkyl halides is 3. The van der Waals surface area contributed by atoms with E-state index in [0.29, 0.717) is 0 Å². The normalized spacial score (nSPS) is 13.6. The maximum Gasteiger partial charge on any atom is 0.511 e. The molecular formula is C11H12F3N3O6S. The first-order valence-electron chi connectivity index (χ1n) is 6.17. The summed E-state index contributed by atoms with van der Waals surface area (Å²) in [5, 5.41) is 19.4. The van der Waals surface area contributed by atoms with E-state index in [1.54, 1.807) is 0 Å². The van der Waals surface area contributed by atoms with Crippen molar-refractivity contribution < 1.29 is 36.5 Å². The van der Waals surface area contributed by atoms with Crippen LogP contribution in [0.2, 0.25) is 0 Å². The Balaban J connectivity index is 3.41. The van der Waals surface area contributed by atoms with Crippen molar-refractivity contribution in [2.24, 2.45) is 0 Å². The number of carbonyl (C=O) groups excluding carboxylic acids is 1. The van der Waals surface area contributed by atoms with Gasteiger partial charge in [-0.3, -0.25) is 20.1 Å². The number of amides is 1. The quantitative estimate of drug-likeness (QED) is 0.438. The van der Waals surface area contributed by atoms with Gasteiger partial charge in [-0.2, -0.15) is 17.5 Å². The summed E-state index contributed by atoms with van der Waals surface area (Å²) in [7, 11) is -5.99. The topological polar surface area (TPSA) is 130 Å². The van der Waals surface area contributed by atoms with Gasteiger partial charge in [0.15, 0.2) is 0 Å². The highest BCUT2D eigenvalue weighted by Crippen LogP contribution is 2.31. The number of hydroxylamine groups is 1. The molecule has 1 rings (SSSR count). The Hall–Kier alpha value is -2.25. The zero-order chi connectivity index (χ0) is 18.7. The minimum Gasteiger partial charge on any atom is -0.289 e. The van der Waals surface area contributed by atoms with Gasteiger partial charge in [0.25, 0.3) is 11.6 Å². The summed E-state index contributed by atoms with van der Waals surface area (Å²) in [5.41, 5.74) is -5.66. The van der Waals surface area contributed by atoms with E-state index in [9.17, 15) is 36.5 Å². The van der Waals surface area contributed by atoms with Crippen molar-refractivity contribution in [2.75, 3.05) is 0 Å². The van der Waals surface area contributed by atoms with Crippen LogP contribution in [0.25, 0.3) is 0 Å². The van der Waals surface area contributed by atoms with Crippen molar-refractivity contribution in [2.45, 2.75) is 25.0 Å². The zero-order valence-corrected chi connectivity index (χ0v) is 12.8. The SMILES string of the molecule is C[C@@H](C(=O)NO)N(Cc1ccccc1[N+](=O)[O-])S(=O)(=O)C(F)(F)F. The molecule has 0 saturated heterocycles. The van der Waals surface area contributed by atoms with E-state index in [4.69, 9.17) is 5.21 Å². The molecule has 13 heteroatoms. The smallest absolute Gasteiger partial charge is 0.289 e.